The lowest BCUT2D eigenvalue weighted by Crippen LogP contribution is -2.27. The van der Waals surface area contributed by atoms with Gasteiger partial charge in [0, 0.05) is 12.5 Å². The smallest absolute Gasteiger partial charge is 0.310 e. The van der Waals surface area contributed by atoms with Crippen LogP contribution in [-0.4, -0.2) is 52.3 Å². The van der Waals surface area contributed by atoms with Crippen LogP contribution in [0.1, 0.15) is 29.2 Å². The Bertz CT molecular complexity index is 1300. The van der Waals surface area contributed by atoms with Crippen LogP contribution in [0.5, 0.6) is 23.0 Å². The Labute approximate surface area is 223 Å². The Kier molecular flexibility index (Phi) is 9.76. The summed E-state index contributed by atoms with van der Waals surface area (Å²) in [5, 5.41) is 0. The maximum atomic E-state index is 13.1. The van der Waals surface area contributed by atoms with Crippen molar-refractivity contribution in [3.05, 3.63) is 82.9 Å². The number of rotatable bonds is 11. The first-order chi connectivity index (χ1) is 18.3. The molecule has 1 amide bonds. The van der Waals surface area contributed by atoms with E-state index in [1.165, 1.54) is 28.3 Å². The van der Waals surface area contributed by atoms with Gasteiger partial charge >= 0.3 is 5.97 Å². The largest absolute Gasteiger partial charge is 0.493 e. The lowest BCUT2D eigenvalue weighted by molar-refractivity contribution is -0.139. The van der Waals surface area contributed by atoms with Gasteiger partial charge in [0.05, 0.1) is 54.2 Å². The van der Waals surface area contributed by atoms with Gasteiger partial charge in [-0.3, -0.25) is 9.59 Å². The standard InChI is InChI=1S/C30H33NO7/c1-20(32)31(19-21-10-8-7-9-11-21)25(14-22-12-13-26(34-2)27(15-22)35-3)24-18-29(37-5)28(36-4)16-23(24)17-30(33)38-6/h7-16,18H,17,19H2,1-6H3/b25-14+. The van der Waals surface area contributed by atoms with E-state index in [-0.39, 0.29) is 12.3 Å². The Morgan fingerprint density at radius 3 is 1.95 bits per heavy atom. The average molecular weight is 520 g/mol. The summed E-state index contributed by atoms with van der Waals surface area (Å²) in [6.07, 6.45) is 1.83. The van der Waals surface area contributed by atoms with E-state index in [4.69, 9.17) is 23.7 Å². The highest BCUT2D eigenvalue weighted by molar-refractivity contribution is 5.93. The zero-order valence-electron chi connectivity index (χ0n) is 22.6. The fourth-order valence-electron chi connectivity index (χ4n) is 4.07. The van der Waals surface area contributed by atoms with Crippen molar-refractivity contribution < 1.29 is 33.3 Å². The molecule has 0 aliphatic rings. The molecular weight excluding hydrogens is 486 g/mol. The number of hydrogen-bond acceptors (Lipinski definition) is 7. The molecule has 0 N–H and O–H groups in total. The summed E-state index contributed by atoms with van der Waals surface area (Å²) in [4.78, 5) is 27.2. The molecule has 0 aliphatic carbocycles. The predicted molar refractivity (Wildman–Crippen MR) is 145 cm³/mol. The minimum absolute atomic E-state index is 0.0352. The second kappa shape index (κ2) is 13.2. The third-order valence-corrected chi connectivity index (χ3v) is 6.01. The molecule has 8 heteroatoms. The van der Waals surface area contributed by atoms with E-state index in [2.05, 4.69) is 0 Å². The lowest BCUT2D eigenvalue weighted by atomic mass is 9.97. The van der Waals surface area contributed by atoms with E-state index in [1.54, 1.807) is 37.3 Å². The van der Waals surface area contributed by atoms with Gasteiger partial charge in [-0.05, 0) is 47.0 Å². The number of carbonyl (C=O) groups is 2. The first kappa shape index (κ1) is 28.1. The van der Waals surface area contributed by atoms with Crippen LogP contribution in [0.15, 0.2) is 60.7 Å². The summed E-state index contributed by atoms with van der Waals surface area (Å²) in [5.41, 5.74) is 3.50. The maximum Gasteiger partial charge on any atom is 0.310 e. The molecule has 3 aromatic carbocycles. The van der Waals surface area contributed by atoms with Gasteiger partial charge in [-0.25, -0.2) is 0 Å². The number of ether oxygens (including phenoxy) is 5. The van der Waals surface area contributed by atoms with E-state index in [0.717, 1.165) is 11.1 Å². The molecular formula is C30H33NO7. The second-order valence-electron chi connectivity index (χ2n) is 8.35. The molecule has 0 aliphatic heterocycles. The summed E-state index contributed by atoms with van der Waals surface area (Å²) < 4.78 is 26.9. The van der Waals surface area contributed by atoms with Crippen molar-refractivity contribution in [3.8, 4) is 23.0 Å². The van der Waals surface area contributed by atoms with Crippen LogP contribution in [0.2, 0.25) is 0 Å². The van der Waals surface area contributed by atoms with Crippen LogP contribution in [-0.2, 0) is 27.3 Å². The average Bonchev–Trinajstić information content (AvgIpc) is 2.94. The molecule has 0 atom stereocenters. The number of carbonyl (C=O) groups excluding carboxylic acids is 2. The van der Waals surface area contributed by atoms with Crippen LogP contribution in [0.3, 0.4) is 0 Å². The molecule has 0 saturated heterocycles. The minimum Gasteiger partial charge on any atom is -0.493 e. The molecule has 3 aromatic rings. The summed E-state index contributed by atoms with van der Waals surface area (Å²) in [6.45, 7) is 1.81. The van der Waals surface area contributed by atoms with Gasteiger partial charge < -0.3 is 28.6 Å². The number of hydrogen-bond donors (Lipinski definition) is 0. The number of nitrogens with zero attached hydrogens (tertiary/aromatic N) is 1. The summed E-state index contributed by atoms with van der Waals surface area (Å²) in [7, 11) is 7.52. The van der Waals surface area contributed by atoms with Crippen molar-refractivity contribution in [2.75, 3.05) is 35.5 Å². The molecule has 0 fully saturated rings. The molecule has 0 heterocycles. The minimum atomic E-state index is -0.429. The van der Waals surface area contributed by atoms with Crippen molar-refractivity contribution in [2.24, 2.45) is 0 Å². The van der Waals surface area contributed by atoms with Gasteiger partial charge in [-0.15, -0.1) is 0 Å². The quantitative estimate of drug-likeness (QED) is 0.261. The van der Waals surface area contributed by atoms with E-state index < -0.39 is 5.97 Å². The maximum absolute atomic E-state index is 13.1. The molecule has 200 valence electrons. The monoisotopic (exact) mass is 519 g/mol. The molecule has 8 nitrogen and oxygen atoms in total. The van der Waals surface area contributed by atoms with Gasteiger partial charge in [0.2, 0.25) is 5.91 Å². The topological polar surface area (TPSA) is 83.5 Å². The van der Waals surface area contributed by atoms with Crippen LogP contribution < -0.4 is 18.9 Å². The van der Waals surface area contributed by atoms with Crippen LogP contribution in [0.25, 0.3) is 11.8 Å². The van der Waals surface area contributed by atoms with Crippen molar-refractivity contribution >= 4 is 23.6 Å². The molecule has 0 saturated carbocycles. The molecule has 3 rings (SSSR count). The van der Waals surface area contributed by atoms with E-state index >= 15 is 0 Å². The fourth-order valence-corrected chi connectivity index (χ4v) is 4.07. The van der Waals surface area contributed by atoms with Crippen molar-refractivity contribution in [1.29, 1.82) is 0 Å². The van der Waals surface area contributed by atoms with Crippen molar-refractivity contribution in [2.45, 2.75) is 19.9 Å². The van der Waals surface area contributed by atoms with E-state index in [9.17, 15) is 9.59 Å². The van der Waals surface area contributed by atoms with Gasteiger partial charge in [-0.1, -0.05) is 36.4 Å². The number of esters is 1. The SMILES string of the molecule is COC(=O)Cc1cc(OC)c(OC)cc1/C(=C\c1ccc(OC)c(OC)c1)N(Cc1ccccc1)C(C)=O. The summed E-state index contributed by atoms with van der Waals surface area (Å²) >= 11 is 0. The third-order valence-electron chi connectivity index (χ3n) is 6.01. The molecule has 0 unspecified atom stereocenters. The fraction of sp³-hybridized carbons (Fsp3) is 0.267. The Morgan fingerprint density at radius 1 is 0.763 bits per heavy atom. The van der Waals surface area contributed by atoms with Crippen molar-refractivity contribution in [1.82, 2.24) is 4.90 Å². The number of benzene rings is 3. The van der Waals surface area contributed by atoms with Crippen molar-refractivity contribution in [3.63, 3.8) is 0 Å². The third kappa shape index (κ3) is 6.64. The second-order valence-corrected chi connectivity index (χ2v) is 8.35. The van der Waals surface area contributed by atoms with E-state index in [0.29, 0.717) is 46.4 Å². The van der Waals surface area contributed by atoms with E-state index in [1.807, 2.05) is 48.5 Å². The Balaban J connectivity index is 2.31. The molecule has 0 bridgehead atoms. The first-order valence-electron chi connectivity index (χ1n) is 11.9. The van der Waals surface area contributed by atoms with Gasteiger partial charge in [0.1, 0.15) is 0 Å². The zero-order valence-corrected chi connectivity index (χ0v) is 22.6. The first-order valence-corrected chi connectivity index (χ1v) is 11.9. The lowest BCUT2D eigenvalue weighted by Gasteiger charge is -2.27. The summed E-state index contributed by atoms with van der Waals surface area (Å²) in [6, 6.07) is 18.6. The van der Waals surface area contributed by atoms with Crippen LogP contribution >= 0.6 is 0 Å². The van der Waals surface area contributed by atoms with Crippen LogP contribution in [0.4, 0.5) is 0 Å². The number of methoxy groups -OCH3 is 5. The number of amides is 1. The zero-order chi connectivity index (χ0) is 27.7. The molecule has 0 radical (unpaired) electrons. The van der Waals surface area contributed by atoms with Gasteiger partial charge in [0.15, 0.2) is 23.0 Å². The van der Waals surface area contributed by atoms with Gasteiger partial charge in [-0.2, -0.15) is 0 Å². The van der Waals surface area contributed by atoms with Gasteiger partial charge in [0.25, 0.3) is 0 Å². The predicted octanol–water partition coefficient (Wildman–Crippen LogP) is 4.98. The Morgan fingerprint density at radius 2 is 1.37 bits per heavy atom. The van der Waals surface area contributed by atoms with Crippen LogP contribution in [0, 0.1) is 0 Å². The Hall–Kier alpha value is -4.46. The highest BCUT2D eigenvalue weighted by Crippen LogP contribution is 2.37. The summed E-state index contributed by atoms with van der Waals surface area (Å²) in [5.74, 6) is 1.42. The highest BCUT2D eigenvalue weighted by atomic mass is 16.5. The normalized spacial score (nSPS) is 10.9. The highest BCUT2D eigenvalue weighted by Gasteiger charge is 2.23. The molecule has 0 aromatic heterocycles. The molecule has 38 heavy (non-hydrogen) atoms. The molecule has 0 spiro atoms.